The highest BCUT2D eigenvalue weighted by molar-refractivity contribution is 6.35. The summed E-state index contributed by atoms with van der Waals surface area (Å²) in [6.45, 7) is 1.96. The first kappa shape index (κ1) is 23.5. The van der Waals surface area contributed by atoms with Crippen LogP contribution in [0.3, 0.4) is 0 Å². The second-order valence-electron chi connectivity index (χ2n) is 10.8. The average molecular weight is 555 g/mol. The molecule has 2 saturated heterocycles. The molecule has 3 aromatic carbocycles. The number of benzene rings is 3. The van der Waals surface area contributed by atoms with E-state index in [9.17, 15) is 14.4 Å². The molecule has 10 heteroatoms. The van der Waals surface area contributed by atoms with Gasteiger partial charge in [-0.05, 0) is 48.7 Å². The number of rotatable bonds is 3. The molecule has 0 aliphatic carbocycles. The van der Waals surface area contributed by atoms with Gasteiger partial charge in [-0.15, -0.1) is 0 Å². The zero-order valence-corrected chi connectivity index (χ0v) is 22.0. The van der Waals surface area contributed by atoms with Gasteiger partial charge < -0.3 is 19.8 Å². The number of imide groups is 1. The topological polar surface area (TPSA) is 113 Å². The van der Waals surface area contributed by atoms with Gasteiger partial charge in [0, 0.05) is 34.8 Å². The number of fused-ring (bicyclic) bond motifs is 6. The van der Waals surface area contributed by atoms with Gasteiger partial charge in [0.2, 0.25) is 24.5 Å². The number of ether oxygens (including phenoxy) is 2. The van der Waals surface area contributed by atoms with Gasteiger partial charge in [-0.2, -0.15) is 0 Å². The second-order valence-corrected chi connectivity index (χ2v) is 11.2. The summed E-state index contributed by atoms with van der Waals surface area (Å²) >= 11 is 6.57. The Bertz CT molecular complexity index is 1800. The summed E-state index contributed by atoms with van der Waals surface area (Å²) in [7, 11) is 0. The molecule has 1 aromatic heterocycles. The van der Waals surface area contributed by atoms with E-state index in [1.165, 1.54) is 4.90 Å². The molecule has 4 aromatic rings. The summed E-state index contributed by atoms with van der Waals surface area (Å²) in [6, 6.07) is 16.1. The first-order valence-electron chi connectivity index (χ1n) is 13.1. The number of nitrogens with one attached hydrogen (secondary N) is 3. The molecule has 3 amide bonds. The maximum atomic E-state index is 14.3. The van der Waals surface area contributed by atoms with Crippen LogP contribution in [-0.4, -0.2) is 35.5 Å². The molecule has 40 heavy (non-hydrogen) atoms. The van der Waals surface area contributed by atoms with Crippen molar-refractivity contribution < 1.29 is 23.9 Å². The fourth-order valence-electron chi connectivity index (χ4n) is 6.98. The molecule has 9 nitrogen and oxygen atoms in total. The first-order valence-corrected chi connectivity index (χ1v) is 13.5. The monoisotopic (exact) mass is 554 g/mol. The van der Waals surface area contributed by atoms with E-state index in [1.807, 2.05) is 43.5 Å². The minimum Gasteiger partial charge on any atom is -0.454 e. The predicted octanol–water partition coefficient (Wildman–Crippen LogP) is 4.03. The number of hydrogen-bond acceptors (Lipinski definition) is 6. The summed E-state index contributed by atoms with van der Waals surface area (Å²) in [4.78, 5) is 46.9. The van der Waals surface area contributed by atoms with Crippen molar-refractivity contribution in [1.82, 2.24) is 10.3 Å². The van der Waals surface area contributed by atoms with E-state index in [0.717, 1.165) is 22.0 Å². The number of nitrogens with zero attached hydrogens (tertiary/aromatic N) is 1. The molecule has 0 saturated carbocycles. The highest BCUT2D eigenvalue weighted by Crippen LogP contribution is 2.55. The second kappa shape index (κ2) is 8.09. The molecule has 200 valence electrons. The Morgan fingerprint density at radius 3 is 2.73 bits per heavy atom. The van der Waals surface area contributed by atoms with Crippen LogP contribution in [0.5, 0.6) is 11.5 Å². The number of carbonyl (C=O) groups excluding carboxylic acids is 3. The van der Waals surface area contributed by atoms with Crippen molar-refractivity contribution in [1.29, 1.82) is 0 Å². The number of halogens is 1. The van der Waals surface area contributed by atoms with Crippen molar-refractivity contribution in [3.05, 3.63) is 82.5 Å². The number of aromatic nitrogens is 1. The molecule has 0 bridgehead atoms. The molecule has 4 aliphatic heterocycles. The lowest BCUT2D eigenvalue weighted by Gasteiger charge is -2.30. The molecule has 4 aliphatic rings. The molecule has 5 heterocycles. The Morgan fingerprint density at radius 1 is 1.02 bits per heavy atom. The van der Waals surface area contributed by atoms with Crippen LogP contribution < -0.4 is 25.0 Å². The normalized spacial score (nSPS) is 26.2. The number of carbonyl (C=O) groups is 3. The third-order valence-electron chi connectivity index (χ3n) is 8.65. The van der Waals surface area contributed by atoms with Gasteiger partial charge in [0.25, 0.3) is 0 Å². The number of aryl methyl sites for hydroxylation is 1. The number of para-hydroxylation sites is 1. The molecule has 4 atom stereocenters. The summed E-state index contributed by atoms with van der Waals surface area (Å²) in [5, 5.41) is 7.84. The smallest absolute Gasteiger partial charge is 0.250 e. The molecular weight excluding hydrogens is 532 g/mol. The Hall–Kier alpha value is -4.34. The first-order chi connectivity index (χ1) is 19.4. The van der Waals surface area contributed by atoms with Crippen molar-refractivity contribution in [2.75, 3.05) is 17.0 Å². The highest BCUT2D eigenvalue weighted by Gasteiger charge is 2.70. The van der Waals surface area contributed by atoms with Crippen molar-refractivity contribution in [2.24, 2.45) is 11.8 Å². The minimum atomic E-state index is -1.45. The zero-order valence-electron chi connectivity index (χ0n) is 21.3. The summed E-state index contributed by atoms with van der Waals surface area (Å²) in [5.41, 5.74) is 2.81. The fraction of sp³-hybridized carbons (Fsp3) is 0.233. The van der Waals surface area contributed by atoms with Crippen LogP contribution in [0.15, 0.2) is 60.8 Å². The van der Waals surface area contributed by atoms with Crippen molar-refractivity contribution in [2.45, 2.75) is 24.9 Å². The number of aromatic amines is 1. The predicted molar refractivity (Wildman–Crippen MR) is 147 cm³/mol. The Kier molecular flexibility index (Phi) is 4.76. The molecular formula is C30H23ClN4O5. The van der Waals surface area contributed by atoms with E-state index in [4.69, 9.17) is 21.1 Å². The molecule has 3 N–H and O–H groups in total. The van der Waals surface area contributed by atoms with Crippen LogP contribution in [-0.2, 0) is 26.3 Å². The van der Waals surface area contributed by atoms with Gasteiger partial charge in [-0.25, -0.2) is 4.90 Å². The molecule has 0 radical (unpaired) electrons. The van der Waals surface area contributed by atoms with E-state index >= 15 is 0 Å². The molecule has 8 rings (SSSR count). The lowest BCUT2D eigenvalue weighted by atomic mass is 9.76. The standard InChI is InChI=1S/C30H23ClN4O5/c1-14-8-18-26(19(31)9-14)33-29(38)30(18)25-24(21(34-30)10-15-12-32-20-5-3-2-4-17(15)20)27(36)35(28(25)37)16-6-7-22-23(11-16)40-13-39-22/h2-9,11-12,21,24-25,32,34H,10,13H2,1H3,(H,33,38)/t21-,24-,25+,30+/m1/s1. The molecule has 2 fully saturated rings. The quantitative estimate of drug-likeness (QED) is 0.330. The van der Waals surface area contributed by atoms with Gasteiger partial charge in [0.15, 0.2) is 11.5 Å². The van der Waals surface area contributed by atoms with Gasteiger partial charge in [-0.3, -0.25) is 19.7 Å². The van der Waals surface area contributed by atoms with Gasteiger partial charge in [-0.1, -0.05) is 35.9 Å². The van der Waals surface area contributed by atoms with Crippen LogP contribution in [0.4, 0.5) is 11.4 Å². The molecule has 1 spiro atoms. The van der Waals surface area contributed by atoms with E-state index in [0.29, 0.717) is 39.9 Å². The number of anilines is 2. The van der Waals surface area contributed by atoms with Crippen LogP contribution in [0.25, 0.3) is 10.9 Å². The van der Waals surface area contributed by atoms with Gasteiger partial charge in [0.1, 0.15) is 5.54 Å². The third-order valence-corrected chi connectivity index (χ3v) is 8.95. The maximum absolute atomic E-state index is 14.3. The van der Waals surface area contributed by atoms with Crippen LogP contribution in [0, 0.1) is 18.8 Å². The lowest BCUT2D eigenvalue weighted by Crippen LogP contribution is -2.53. The summed E-state index contributed by atoms with van der Waals surface area (Å²) < 4.78 is 10.9. The average Bonchev–Trinajstić information content (AvgIpc) is 3.73. The number of amides is 3. The Labute approximate surface area is 233 Å². The Balaban J connectivity index is 1.29. The van der Waals surface area contributed by atoms with Crippen LogP contribution in [0.1, 0.15) is 16.7 Å². The largest absolute Gasteiger partial charge is 0.454 e. The maximum Gasteiger partial charge on any atom is 0.250 e. The lowest BCUT2D eigenvalue weighted by molar-refractivity contribution is -0.130. The third kappa shape index (κ3) is 2.99. The van der Waals surface area contributed by atoms with E-state index in [-0.39, 0.29) is 18.6 Å². The van der Waals surface area contributed by atoms with E-state index in [2.05, 4.69) is 15.6 Å². The van der Waals surface area contributed by atoms with Crippen molar-refractivity contribution >= 4 is 51.6 Å². The number of hydrogen-bond donors (Lipinski definition) is 3. The van der Waals surface area contributed by atoms with E-state index in [1.54, 1.807) is 24.3 Å². The van der Waals surface area contributed by atoms with Crippen molar-refractivity contribution in [3.8, 4) is 11.5 Å². The minimum absolute atomic E-state index is 0.0721. The summed E-state index contributed by atoms with van der Waals surface area (Å²) in [6.07, 6.45) is 2.36. The molecule has 0 unspecified atom stereocenters. The van der Waals surface area contributed by atoms with Crippen LogP contribution >= 0.6 is 11.6 Å². The Morgan fingerprint density at radius 2 is 1.85 bits per heavy atom. The fourth-order valence-corrected chi connectivity index (χ4v) is 7.31. The summed E-state index contributed by atoms with van der Waals surface area (Å²) in [5.74, 6) is -1.94. The zero-order chi connectivity index (χ0) is 27.3. The SMILES string of the molecule is Cc1cc(Cl)c2c(c1)[C@@]1(N[C@H](Cc3c[nH]c4ccccc34)[C@H]3C(=O)N(c4ccc5c(c4)OCO5)C(=O)[C@H]31)C(=O)N2. The number of H-pyrrole nitrogens is 1. The van der Waals surface area contributed by atoms with Gasteiger partial charge in [0.05, 0.1) is 28.2 Å². The highest BCUT2D eigenvalue weighted by atomic mass is 35.5. The van der Waals surface area contributed by atoms with E-state index < -0.39 is 29.3 Å². The van der Waals surface area contributed by atoms with Crippen molar-refractivity contribution in [3.63, 3.8) is 0 Å². The van der Waals surface area contributed by atoms with Gasteiger partial charge >= 0.3 is 0 Å². The van der Waals surface area contributed by atoms with Crippen LogP contribution in [0.2, 0.25) is 5.02 Å².